The van der Waals surface area contributed by atoms with Gasteiger partial charge in [-0.05, 0) is 36.6 Å². The van der Waals surface area contributed by atoms with Gasteiger partial charge in [-0.2, -0.15) is 0 Å². The molecule has 3 unspecified atom stereocenters. The lowest BCUT2D eigenvalue weighted by molar-refractivity contribution is -0.135. The Bertz CT molecular complexity index is 423. The summed E-state index contributed by atoms with van der Waals surface area (Å²) >= 11 is 0. The number of likely N-dealkylation sites (tertiary alicyclic amines) is 1. The maximum atomic E-state index is 12.6. The lowest BCUT2D eigenvalue weighted by Crippen LogP contribution is -2.53. The highest BCUT2D eigenvalue weighted by Crippen LogP contribution is 2.26. The standard InChI is InChI=1S/C19H36N4O.ClH/c1-16-10-17(2)12-23(11-16)18(24)13-21-6-8-22(9-7-21)15-19(3)4-5-20-14-19;/h16-17,20H,4-15H2,1-3H3;1H. The van der Waals surface area contributed by atoms with Gasteiger partial charge in [-0.25, -0.2) is 0 Å². The van der Waals surface area contributed by atoms with Crippen molar-refractivity contribution in [3.8, 4) is 0 Å². The summed E-state index contributed by atoms with van der Waals surface area (Å²) in [7, 11) is 0. The number of hydrogen-bond donors (Lipinski definition) is 1. The Morgan fingerprint density at radius 2 is 1.68 bits per heavy atom. The highest BCUT2D eigenvalue weighted by Gasteiger charge is 2.32. The van der Waals surface area contributed by atoms with Gasteiger partial charge < -0.3 is 15.1 Å². The second-order valence-electron chi connectivity index (χ2n) is 9.03. The van der Waals surface area contributed by atoms with E-state index in [9.17, 15) is 4.79 Å². The minimum atomic E-state index is 0. The Labute approximate surface area is 159 Å². The van der Waals surface area contributed by atoms with Gasteiger partial charge in [-0.1, -0.05) is 20.8 Å². The van der Waals surface area contributed by atoms with Crippen LogP contribution in [0.5, 0.6) is 0 Å². The van der Waals surface area contributed by atoms with Gasteiger partial charge in [0.2, 0.25) is 5.91 Å². The van der Waals surface area contributed by atoms with Crippen molar-refractivity contribution in [3.05, 3.63) is 0 Å². The van der Waals surface area contributed by atoms with E-state index in [-0.39, 0.29) is 12.4 Å². The molecule has 3 heterocycles. The van der Waals surface area contributed by atoms with Gasteiger partial charge in [0.05, 0.1) is 6.54 Å². The largest absolute Gasteiger partial charge is 0.341 e. The fourth-order valence-electron chi connectivity index (χ4n) is 4.81. The smallest absolute Gasteiger partial charge is 0.236 e. The van der Waals surface area contributed by atoms with Crippen molar-refractivity contribution in [1.29, 1.82) is 0 Å². The molecule has 25 heavy (non-hydrogen) atoms. The number of rotatable bonds is 4. The molecule has 1 N–H and O–H groups in total. The van der Waals surface area contributed by atoms with E-state index in [0.717, 1.165) is 52.4 Å². The number of halogens is 1. The fraction of sp³-hybridized carbons (Fsp3) is 0.947. The highest BCUT2D eigenvalue weighted by atomic mass is 35.5. The lowest BCUT2D eigenvalue weighted by Gasteiger charge is -2.40. The van der Waals surface area contributed by atoms with Crippen LogP contribution in [0.3, 0.4) is 0 Å². The van der Waals surface area contributed by atoms with Gasteiger partial charge in [0.1, 0.15) is 0 Å². The summed E-state index contributed by atoms with van der Waals surface area (Å²) in [4.78, 5) is 19.7. The van der Waals surface area contributed by atoms with Crippen LogP contribution in [0.4, 0.5) is 0 Å². The van der Waals surface area contributed by atoms with Gasteiger partial charge in [-0.15, -0.1) is 12.4 Å². The fourth-order valence-corrected chi connectivity index (χ4v) is 4.81. The molecule has 0 spiro atoms. The van der Waals surface area contributed by atoms with E-state index in [1.165, 1.54) is 19.4 Å². The summed E-state index contributed by atoms with van der Waals surface area (Å²) in [6.45, 7) is 17.3. The molecule has 3 fully saturated rings. The van der Waals surface area contributed by atoms with Crippen LogP contribution in [0.2, 0.25) is 0 Å². The molecule has 6 heteroatoms. The first-order valence-corrected chi connectivity index (χ1v) is 9.87. The molecular weight excluding hydrogens is 336 g/mol. The molecule has 3 aliphatic rings. The summed E-state index contributed by atoms with van der Waals surface area (Å²) in [5.74, 6) is 1.64. The summed E-state index contributed by atoms with van der Waals surface area (Å²) in [5.41, 5.74) is 0.443. The molecule has 3 saturated heterocycles. The van der Waals surface area contributed by atoms with Gasteiger partial charge in [0, 0.05) is 52.4 Å². The van der Waals surface area contributed by atoms with Crippen LogP contribution >= 0.6 is 12.4 Å². The molecule has 0 saturated carbocycles. The van der Waals surface area contributed by atoms with E-state index in [4.69, 9.17) is 0 Å². The van der Waals surface area contributed by atoms with Crippen LogP contribution in [0, 0.1) is 17.3 Å². The van der Waals surface area contributed by atoms with E-state index in [2.05, 4.69) is 40.8 Å². The van der Waals surface area contributed by atoms with E-state index >= 15 is 0 Å². The zero-order valence-corrected chi connectivity index (χ0v) is 17.1. The van der Waals surface area contributed by atoms with Crippen molar-refractivity contribution in [2.75, 3.05) is 65.4 Å². The average molecular weight is 373 g/mol. The zero-order valence-electron chi connectivity index (χ0n) is 16.3. The second-order valence-corrected chi connectivity index (χ2v) is 9.03. The topological polar surface area (TPSA) is 38.8 Å². The van der Waals surface area contributed by atoms with Crippen LogP contribution in [0.15, 0.2) is 0 Å². The van der Waals surface area contributed by atoms with E-state index in [1.807, 2.05) is 0 Å². The molecule has 1 amide bonds. The van der Waals surface area contributed by atoms with Crippen molar-refractivity contribution < 1.29 is 4.79 Å². The van der Waals surface area contributed by atoms with Crippen molar-refractivity contribution in [2.45, 2.75) is 33.6 Å². The van der Waals surface area contributed by atoms with Crippen molar-refractivity contribution in [3.63, 3.8) is 0 Å². The maximum Gasteiger partial charge on any atom is 0.236 e. The van der Waals surface area contributed by atoms with Crippen molar-refractivity contribution in [2.24, 2.45) is 17.3 Å². The first kappa shape index (κ1) is 20.9. The predicted octanol–water partition coefficient (Wildman–Crippen LogP) is 1.53. The molecule has 0 aromatic rings. The molecule has 3 aliphatic heterocycles. The quantitative estimate of drug-likeness (QED) is 0.812. The minimum absolute atomic E-state index is 0. The van der Waals surface area contributed by atoms with Gasteiger partial charge in [0.15, 0.2) is 0 Å². The monoisotopic (exact) mass is 372 g/mol. The maximum absolute atomic E-state index is 12.6. The average Bonchev–Trinajstić information content (AvgIpc) is 2.94. The van der Waals surface area contributed by atoms with Gasteiger partial charge in [-0.3, -0.25) is 9.69 Å². The van der Waals surface area contributed by atoms with Crippen LogP contribution < -0.4 is 5.32 Å². The molecular formula is C19H37ClN4O. The molecule has 5 nitrogen and oxygen atoms in total. The summed E-state index contributed by atoms with van der Waals surface area (Å²) in [5, 5.41) is 3.49. The number of nitrogens with zero attached hydrogens (tertiary/aromatic N) is 3. The van der Waals surface area contributed by atoms with Gasteiger partial charge >= 0.3 is 0 Å². The third kappa shape index (κ3) is 5.81. The number of piperazine rings is 1. The van der Waals surface area contributed by atoms with E-state index < -0.39 is 0 Å². The van der Waals surface area contributed by atoms with Crippen LogP contribution in [-0.4, -0.2) is 86.1 Å². The Kier molecular flexibility index (Phi) is 7.56. The zero-order chi connectivity index (χ0) is 17.2. The Morgan fingerprint density at radius 3 is 2.24 bits per heavy atom. The van der Waals surface area contributed by atoms with Crippen LogP contribution in [-0.2, 0) is 4.79 Å². The number of amides is 1. The Hall–Kier alpha value is -0.360. The molecule has 3 rings (SSSR count). The molecule has 0 aromatic carbocycles. The number of carbonyl (C=O) groups excluding carboxylic acids is 1. The number of nitrogens with one attached hydrogen (secondary N) is 1. The van der Waals surface area contributed by atoms with Crippen molar-refractivity contribution in [1.82, 2.24) is 20.0 Å². The predicted molar refractivity (Wildman–Crippen MR) is 105 cm³/mol. The Balaban J connectivity index is 0.00000225. The lowest BCUT2D eigenvalue weighted by atomic mass is 9.89. The third-order valence-electron chi connectivity index (χ3n) is 6.11. The number of carbonyl (C=O) groups is 1. The molecule has 146 valence electrons. The normalized spacial score (nSPS) is 34.8. The van der Waals surface area contributed by atoms with E-state index in [1.54, 1.807) is 0 Å². The molecule has 3 atom stereocenters. The van der Waals surface area contributed by atoms with Gasteiger partial charge in [0.25, 0.3) is 0 Å². The number of piperidine rings is 1. The minimum Gasteiger partial charge on any atom is -0.341 e. The molecule has 0 radical (unpaired) electrons. The summed E-state index contributed by atoms with van der Waals surface area (Å²) in [6.07, 6.45) is 2.55. The van der Waals surface area contributed by atoms with Crippen LogP contribution in [0.1, 0.15) is 33.6 Å². The third-order valence-corrected chi connectivity index (χ3v) is 6.11. The first-order valence-electron chi connectivity index (χ1n) is 9.87. The van der Waals surface area contributed by atoms with Crippen molar-refractivity contribution >= 4 is 18.3 Å². The Morgan fingerprint density at radius 1 is 1.08 bits per heavy atom. The second kappa shape index (κ2) is 9.03. The summed E-state index contributed by atoms with van der Waals surface area (Å²) in [6, 6.07) is 0. The number of hydrogen-bond acceptors (Lipinski definition) is 4. The first-order chi connectivity index (χ1) is 11.4. The molecule has 0 bridgehead atoms. The summed E-state index contributed by atoms with van der Waals surface area (Å²) < 4.78 is 0. The van der Waals surface area contributed by atoms with E-state index in [0.29, 0.717) is 29.7 Å². The SMILES string of the molecule is CC1CC(C)CN(C(=O)CN2CCN(CC3(C)CCNC3)CC2)C1.Cl. The molecule has 0 aromatic heterocycles. The van der Waals surface area contributed by atoms with Crippen LogP contribution in [0.25, 0.3) is 0 Å². The highest BCUT2D eigenvalue weighted by molar-refractivity contribution is 5.85. The molecule has 0 aliphatic carbocycles.